The number of thiazole rings is 1. The first-order valence-electron chi connectivity index (χ1n) is 5.21. The Bertz CT molecular complexity index is 663. The van der Waals surface area contributed by atoms with Gasteiger partial charge >= 0.3 is 5.97 Å². The normalized spacial score (nSPS) is 9.89. The Morgan fingerprint density at radius 3 is 3.00 bits per heavy atom. The molecule has 1 heterocycles. The van der Waals surface area contributed by atoms with E-state index in [4.69, 9.17) is 22.0 Å². The molecule has 0 aliphatic heterocycles. The van der Waals surface area contributed by atoms with Crippen molar-refractivity contribution in [2.24, 2.45) is 0 Å². The van der Waals surface area contributed by atoms with Crippen LogP contribution < -0.4 is 5.32 Å². The summed E-state index contributed by atoms with van der Waals surface area (Å²) in [6.45, 7) is 0.355. The number of halogens is 1. The Morgan fingerprint density at radius 1 is 1.58 bits per heavy atom. The number of benzene rings is 1. The standard InChI is InChI=1S/C12H8ClN3O2S/c13-8-1-2-9(7(3-8)4-14)15-5-11-16-10(6-19-11)12(17)18/h1-3,6,15H,5H2,(H,17,18). The number of nitrogens with one attached hydrogen (secondary N) is 1. The van der Waals surface area contributed by atoms with Crippen molar-refractivity contribution in [1.29, 1.82) is 5.26 Å². The molecule has 1 aromatic heterocycles. The molecule has 0 aliphatic carbocycles. The van der Waals surface area contributed by atoms with Crippen LogP contribution in [0.5, 0.6) is 0 Å². The molecule has 0 saturated carbocycles. The van der Waals surface area contributed by atoms with Crippen molar-refractivity contribution in [3.63, 3.8) is 0 Å². The fraction of sp³-hybridized carbons (Fsp3) is 0.0833. The Labute approximate surface area is 118 Å². The van der Waals surface area contributed by atoms with Crippen molar-refractivity contribution in [2.45, 2.75) is 6.54 Å². The van der Waals surface area contributed by atoms with Crippen LogP contribution in [0.15, 0.2) is 23.6 Å². The van der Waals surface area contributed by atoms with E-state index in [1.165, 1.54) is 16.7 Å². The highest BCUT2D eigenvalue weighted by atomic mass is 35.5. The smallest absolute Gasteiger partial charge is 0.355 e. The van der Waals surface area contributed by atoms with Crippen molar-refractivity contribution in [2.75, 3.05) is 5.32 Å². The van der Waals surface area contributed by atoms with Gasteiger partial charge in [-0.3, -0.25) is 0 Å². The minimum Gasteiger partial charge on any atom is -0.476 e. The second-order valence-electron chi connectivity index (χ2n) is 3.59. The molecule has 96 valence electrons. The Kier molecular flexibility index (Phi) is 4.00. The third-order valence-corrected chi connectivity index (χ3v) is 3.39. The SMILES string of the molecule is N#Cc1cc(Cl)ccc1NCc1nc(C(=O)O)cs1. The first-order chi connectivity index (χ1) is 9.10. The largest absolute Gasteiger partial charge is 0.476 e. The summed E-state index contributed by atoms with van der Waals surface area (Å²) in [5.74, 6) is -1.05. The lowest BCUT2D eigenvalue weighted by Gasteiger charge is -2.06. The summed E-state index contributed by atoms with van der Waals surface area (Å²) in [5, 5.41) is 23.4. The van der Waals surface area contributed by atoms with E-state index in [-0.39, 0.29) is 5.69 Å². The second kappa shape index (κ2) is 5.69. The third kappa shape index (κ3) is 3.22. The van der Waals surface area contributed by atoms with E-state index in [1.54, 1.807) is 18.2 Å². The molecule has 2 N–H and O–H groups in total. The van der Waals surface area contributed by atoms with Crippen molar-refractivity contribution >= 4 is 34.6 Å². The van der Waals surface area contributed by atoms with Crippen molar-refractivity contribution in [3.05, 3.63) is 44.9 Å². The lowest BCUT2D eigenvalue weighted by molar-refractivity contribution is 0.0691. The molecule has 2 rings (SSSR count). The van der Waals surface area contributed by atoms with Gasteiger partial charge in [0.05, 0.1) is 17.8 Å². The molecule has 0 fully saturated rings. The maximum atomic E-state index is 10.7. The van der Waals surface area contributed by atoms with Gasteiger partial charge in [-0.1, -0.05) is 11.6 Å². The van der Waals surface area contributed by atoms with E-state index in [1.807, 2.05) is 6.07 Å². The predicted octanol–water partition coefficient (Wildman–Crippen LogP) is 2.98. The zero-order valence-corrected chi connectivity index (χ0v) is 11.1. The molecule has 19 heavy (non-hydrogen) atoms. The molecule has 7 heteroatoms. The summed E-state index contributed by atoms with van der Waals surface area (Å²) >= 11 is 7.05. The number of nitrogens with zero attached hydrogens (tertiary/aromatic N) is 2. The second-order valence-corrected chi connectivity index (χ2v) is 4.97. The van der Waals surface area contributed by atoms with Crippen LogP contribution in [0.25, 0.3) is 0 Å². The highest BCUT2D eigenvalue weighted by Gasteiger charge is 2.09. The van der Waals surface area contributed by atoms with Gasteiger partial charge in [0.15, 0.2) is 5.69 Å². The van der Waals surface area contributed by atoms with Crippen LogP contribution in [0.2, 0.25) is 5.02 Å². The first-order valence-corrected chi connectivity index (χ1v) is 6.47. The Morgan fingerprint density at radius 2 is 2.37 bits per heavy atom. The number of nitriles is 1. The number of hydrogen-bond acceptors (Lipinski definition) is 5. The van der Waals surface area contributed by atoms with E-state index in [0.29, 0.717) is 27.8 Å². The molecule has 2 aromatic rings. The van der Waals surface area contributed by atoms with Gasteiger partial charge in [0.25, 0.3) is 0 Å². The molecule has 0 radical (unpaired) electrons. The average molecular weight is 294 g/mol. The van der Waals surface area contributed by atoms with Crippen LogP contribution in [-0.2, 0) is 6.54 Å². The highest BCUT2D eigenvalue weighted by molar-refractivity contribution is 7.09. The van der Waals surface area contributed by atoms with Crippen LogP contribution in [0.1, 0.15) is 21.1 Å². The third-order valence-electron chi connectivity index (χ3n) is 2.30. The van der Waals surface area contributed by atoms with Crippen LogP contribution in [-0.4, -0.2) is 16.1 Å². The average Bonchev–Trinajstić information content (AvgIpc) is 2.86. The minimum atomic E-state index is -1.05. The minimum absolute atomic E-state index is 0.0263. The predicted molar refractivity (Wildman–Crippen MR) is 72.6 cm³/mol. The van der Waals surface area contributed by atoms with Crippen LogP contribution in [0.4, 0.5) is 5.69 Å². The van der Waals surface area contributed by atoms with E-state index >= 15 is 0 Å². The quantitative estimate of drug-likeness (QED) is 0.905. The number of aromatic nitrogens is 1. The fourth-order valence-corrected chi connectivity index (χ4v) is 2.30. The van der Waals surface area contributed by atoms with Crippen LogP contribution >= 0.6 is 22.9 Å². The van der Waals surface area contributed by atoms with E-state index in [2.05, 4.69) is 10.3 Å². The molecule has 0 aliphatic rings. The molecule has 5 nitrogen and oxygen atoms in total. The number of aromatic carboxylic acids is 1. The topological polar surface area (TPSA) is 86.0 Å². The summed E-state index contributed by atoms with van der Waals surface area (Å²) in [7, 11) is 0. The van der Waals surface area contributed by atoms with Crippen LogP contribution in [0.3, 0.4) is 0 Å². The number of carbonyl (C=O) groups is 1. The number of anilines is 1. The van der Waals surface area contributed by atoms with Gasteiger partial charge in [-0.2, -0.15) is 5.26 Å². The van der Waals surface area contributed by atoms with Crippen LogP contribution in [0, 0.1) is 11.3 Å². The van der Waals surface area contributed by atoms with Gasteiger partial charge in [0.1, 0.15) is 11.1 Å². The maximum absolute atomic E-state index is 10.7. The van der Waals surface area contributed by atoms with Crippen molar-refractivity contribution in [3.8, 4) is 6.07 Å². The Hall–Kier alpha value is -2.10. The first kappa shape index (κ1) is 13.3. The fourth-order valence-electron chi connectivity index (χ4n) is 1.42. The number of rotatable bonds is 4. The summed E-state index contributed by atoms with van der Waals surface area (Å²) in [5.41, 5.74) is 1.10. The number of carboxylic acid groups (broad SMARTS) is 1. The van der Waals surface area contributed by atoms with E-state index in [0.717, 1.165) is 0 Å². The van der Waals surface area contributed by atoms with Gasteiger partial charge in [0.2, 0.25) is 0 Å². The lowest BCUT2D eigenvalue weighted by Crippen LogP contribution is -2.02. The van der Waals surface area contributed by atoms with E-state index < -0.39 is 5.97 Å². The van der Waals surface area contributed by atoms with Gasteiger partial charge in [-0.15, -0.1) is 11.3 Å². The lowest BCUT2D eigenvalue weighted by atomic mass is 10.2. The van der Waals surface area contributed by atoms with E-state index in [9.17, 15) is 4.79 Å². The van der Waals surface area contributed by atoms with Crippen molar-refractivity contribution < 1.29 is 9.90 Å². The molecule has 0 unspecified atom stereocenters. The maximum Gasteiger partial charge on any atom is 0.355 e. The molecule has 0 bridgehead atoms. The van der Waals surface area contributed by atoms with Gasteiger partial charge in [-0.25, -0.2) is 9.78 Å². The van der Waals surface area contributed by atoms with Crippen molar-refractivity contribution in [1.82, 2.24) is 4.98 Å². The number of hydrogen-bond donors (Lipinski definition) is 2. The molecule has 0 spiro atoms. The van der Waals surface area contributed by atoms with Gasteiger partial charge in [-0.05, 0) is 18.2 Å². The molecular weight excluding hydrogens is 286 g/mol. The Balaban J connectivity index is 2.10. The van der Waals surface area contributed by atoms with Gasteiger partial charge < -0.3 is 10.4 Å². The summed E-state index contributed by atoms with van der Waals surface area (Å²) in [6.07, 6.45) is 0. The monoisotopic (exact) mass is 293 g/mol. The zero-order valence-electron chi connectivity index (χ0n) is 9.55. The molecule has 0 atom stereocenters. The van der Waals surface area contributed by atoms with Gasteiger partial charge in [0, 0.05) is 10.4 Å². The molecule has 1 aromatic carbocycles. The summed E-state index contributed by atoms with van der Waals surface area (Å²) in [4.78, 5) is 14.6. The highest BCUT2D eigenvalue weighted by Crippen LogP contribution is 2.21. The zero-order chi connectivity index (χ0) is 13.8. The molecular formula is C12H8ClN3O2S. The molecule has 0 amide bonds. The summed E-state index contributed by atoms with van der Waals surface area (Å²) in [6, 6.07) is 6.98. The summed E-state index contributed by atoms with van der Waals surface area (Å²) < 4.78 is 0. The molecule has 0 saturated heterocycles. The number of carboxylic acids is 1.